The average molecular weight is 476 g/mol. The zero-order valence-corrected chi connectivity index (χ0v) is 19.9. The normalized spacial score (nSPS) is 13.9. The Kier molecular flexibility index (Phi) is 6.90. The van der Waals surface area contributed by atoms with Gasteiger partial charge in [-0.3, -0.25) is 0 Å². The van der Waals surface area contributed by atoms with Gasteiger partial charge in [-0.15, -0.1) is 0 Å². The van der Waals surface area contributed by atoms with E-state index < -0.39 is 5.97 Å². The predicted molar refractivity (Wildman–Crippen MR) is 141 cm³/mol. The third-order valence-electron chi connectivity index (χ3n) is 5.67. The fraction of sp³-hybridized carbons (Fsp3) is 0.0968. The lowest BCUT2D eigenvalue weighted by molar-refractivity contribution is -0.129. The van der Waals surface area contributed by atoms with Gasteiger partial charge in [0.1, 0.15) is 6.61 Å². The van der Waals surface area contributed by atoms with Crippen LogP contribution < -0.4 is 9.47 Å². The number of carbonyl (C=O) groups excluding carboxylic acids is 1. The van der Waals surface area contributed by atoms with Gasteiger partial charge in [-0.1, -0.05) is 78.9 Å². The molecule has 5 rings (SSSR count). The maximum absolute atomic E-state index is 12.5. The fourth-order valence-corrected chi connectivity index (χ4v) is 3.86. The first-order valence-corrected chi connectivity index (χ1v) is 11.8. The van der Waals surface area contributed by atoms with Crippen LogP contribution in [0, 0.1) is 0 Å². The smallest absolute Gasteiger partial charge is 0.363 e. The van der Waals surface area contributed by atoms with Gasteiger partial charge < -0.3 is 14.2 Å². The second-order valence-electron chi connectivity index (χ2n) is 8.19. The Morgan fingerprint density at radius 1 is 0.750 bits per heavy atom. The summed E-state index contributed by atoms with van der Waals surface area (Å²) in [5, 5.41) is 0. The van der Waals surface area contributed by atoms with Crippen LogP contribution in [0.15, 0.2) is 114 Å². The van der Waals surface area contributed by atoms with Gasteiger partial charge in [0.2, 0.25) is 5.90 Å². The summed E-state index contributed by atoms with van der Waals surface area (Å²) >= 11 is 0. The van der Waals surface area contributed by atoms with E-state index in [9.17, 15) is 4.79 Å². The minimum absolute atomic E-state index is 0.234. The highest BCUT2D eigenvalue weighted by Gasteiger charge is 2.24. The molecule has 0 saturated carbocycles. The lowest BCUT2D eigenvalue weighted by Gasteiger charge is -2.12. The van der Waals surface area contributed by atoms with E-state index >= 15 is 0 Å². The van der Waals surface area contributed by atoms with E-state index in [1.807, 2.05) is 97.9 Å². The summed E-state index contributed by atoms with van der Waals surface area (Å²) in [5.41, 5.74) is 5.01. The van der Waals surface area contributed by atoms with Crippen molar-refractivity contribution in [1.29, 1.82) is 0 Å². The number of ether oxygens (including phenoxy) is 3. The van der Waals surface area contributed by atoms with E-state index in [1.54, 1.807) is 6.08 Å². The molecule has 5 heteroatoms. The standard InChI is InChI=1S/C31H25NO4/c1-2-34-29-20-23(13-18-28(29)35-21-22-9-5-3-6-10-22)19-27-31(33)36-30(32-27)26-16-14-25(15-17-26)24-11-7-4-8-12-24/h3-20H,2,21H2,1H3/b27-19-. The molecule has 4 aromatic rings. The fourth-order valence-electron chi connectivity index (χ4n) is 3.86. The highest BCUT2D eigenvalue weighted by Crippen LogP contribution is 2.31. The molecule has 1 aliphatic heterocycles. The van der Waals surface area contributed by atoms with Crippen LogP contribution in [0.1, 0.15) is 23.6 Å². The first-order chi connectivity index (χ1) is 17.7. The molecule has 5 nitrogen and oxygen atoms in total. The van der Waals surface area contributed by atoms with Gasteiger partial charge in [0.25, 0.3) is 0 Å². The largest absolute Gasteiger partial charge is 0.490 e. The molecule has 1 aliphatic rings. The van der Waals surface area contributed by atoms with Crippen LogP contribution in [0.4, 0.5) is 0 Å². The summed E-state index contributed by atoms with van der Waals surface area (Å²) in [5.74, 6) is 1.05. The van der Waals surface area contributed by atoms with E-state index in [1.165, 1.54) is 0 Å². The van der Waals surface area contributed by atoms with Gasteiger partial charge in [0.05, 0.1) is 6.61 Å². The summed E-state index contributed by atoms with van der Waals surface area (Å²) in [6, 6.07) is 33.4. The van der Waals surface area contributed by atoms with Crippen molar-refractivity contribution in [3.05, 3.63) is 126 Å². The zero-order valence-electron chi connectivity index (χ0n) is 19.9. The van der Waals surface area contributed by atoms with Crippen LogP contribution in [0.25, 0.3) is 17.2 Å². The molecule has 0 bridgehead atoms. The van der Waals surface area contributed by atoms with Crippen molar-refractivity contribution >= 4 is 17.9 Å². The number of esters is 1. The highest BCUT2D eigenvalue weighted by atomic mass is 16.6. The maximum atomic E-state index is 12.5. The average Bonchev–Trinajstić information content (AvgIpc) is 3.29. The Balaban J connectivity index is 1.34. The van der Waals surface area contributed by atoms with Gasteiger partial charge in [-0.2, -0.15) is 0 Å². The molecule has 0 unspecified atom stereocenters. The maximum Gasteiger partial charge on any atom is 0.363 e. The summed E-state index contributed by atoms with van der Waals surface area (Å²) in [6.45, 7) is 2.84. The van der Waals surface area contributed by atoms with Crippen LogP contribution in [0.2, 0.25) is 0 Å². The van der Waals surface area contributed by atoms with Crippen LogP contribution in [-0.4, -0.2) is 18.5 Å². The highest BCUT2D eigenvalue weighted by molar-refractivity contribution is 6.13. The van der Waals surface area contributed by atoms with Crippen LogP contribution in [-0.2, 0) is 16.1 Å². The monoisotopic (exact) mass is 475 g/mol. The molecule has 0 radical (unpaired) electrons. The van der Waals surface area contributed by atoms with Gasteiger partial charge >= 0.3 is 5.97 Å². The third-order valence-corrected chi connectivity index (χ3v) is 5.67. The molecule has 0 saturated heterocycles. The van der Waals surface area contributed by atoms with Gasteiger partial charge in [0.15, 0.2) is 17.2 Å². The lowest BCUT2D eigenvalue weighted by atomic mass is 10.0. The summed E-state index contributed by atoms with van der Waals surface area (Å²) < 4.78 is 17.2. The quantitative estimate of drug-likeness (QED) is 0.211. The molecule has 0 N–H and O–H groups in total. The van der Waals surface area contributed by atoms with Crippen molar-refractivity contribution < 1.29 is 19.0 Å². The first-order valence-electron chi connectivity index (χ1n) is 11.8. The first kappa shape index (κ1) is 23.1. The number of benzene rings is 4. The number of aliphatic imine (C=N–C) groups is 1. The molecule has 0 fully saturated rings. The Labute approximate surface area is 210 Å². The van der Waals surface area contributed by atoms with Crippen LogP contribution in [0.5, 0.6) is 11.5 Å². The Hall–Kier alpha value is -4.64. The van der Waals surface area contributed by atoms with E-state index in [0.717, 1.165) is 27.8 Å². The van der Waals surface area contributed by atoms with E-state index in [2.05, 4.69) is 17.1 Å². The van der Waals surface area contributed by atoms with E-state index in [-0.39, 0.29) is 5.70 Å². The summed E-state index contributed by atoms with van der Waals surface area (Å²) in [4.78, 5) is 17.0. The number of carbonyl (C=O) groups is 1. The van der Waals surface area contributed by atoms with Crippen molar-refractivity contribution in [2.45, 2.75) is 13.5 Å². The van der Waals surface area contributed by atoms with Gasteiger partial charge in [-0.25, -0.2) is 9.79 Å². The second-order valence-corrected chi connectivity index (χ2v) is 8.19. The molecular formula is C31H25NO4. The number of hydrogen-bond donors (Lipinski definition) is 0. The zero-order chi connectivity index (χ0) is 24.7. The number of nitrogens with zero attached hydrogens (tertiary/aromatic N) is 1. The number of hydrogen-bond acceptors (Lipinski definition) is 5. The van der Waals surface area contributed by atoms with Gasteiger partial charge in [0, 0.05) is 5.56 Å². The van der Waals surface area contributed by atoms with Crippen molar-refractivity contribution in [2.24, 2.45) is 4.99 Å². The Morgan fingerprint density at radius 2 is 1.42 bits per heavy atom. The van der Waals surface area contributed by atoms with E-state index in [0.29, 0.717) is 30.6 Å². The lowest BCUT2D eigenvalue weighted by Crippen LogP contribution is -2.05. The SMILES string of the molecule is CCOc1cc(/C=C2\N=C(c3ccc(-c4ccccc4)cc3)OC2=O)ccc1OCc1ccccc1. The minimum atomic E-state index is -0.487. The number of cyclic esters (lactones) is 1. The number of rotatable bonds is 8. The Bertz CT molecular complexity index is 1410. The molecule has 0 atom stereocenters. The molecule has 0 aromatic heterocycles. The van der Waals surface area contributed by atoms with Crippen LogP contribution in [0.3, 0.4) is 0 Å². The van der Waals surface area contributed by atoms with E-state index in [4.69, 9.17) is 14.2 Å². The molecule has 0 aliphatic carbocycles. The Morgan fingerprint density at radius 3 is 2.14 bits per heavy atom. The molecule has 36 heavy (non-hydrogen) atoms. The van der Waals surface area contributed by atoms with Crippen LogP contribution >= 0.6 is 0 Å². The molecule has 1 heterocycles. The predicted octanol–water partition coefficient (Wildman–Crippen LogP) is 6.68. The van der Waals surface area contributed by atoms with Crippen molar-refractivity contribution in [3.8, 4) is 22.6 Å². The molecule has 0 spiro atoms. The molecule has 4 aromatic carbocycles. The van der Waals surface area contributed by atoms with Crippen molar-refractivity contribution in [2.75, 3.05) is 6.61 Å². The third kappa shape index (κ3) is 5.36. The summed E-state index contributed by atoms with van der Waals surface area (Å²) in [6.07, 6.45) is 1.69. The van der Waals surface area contributed by atoms with Crippen molar-refractivity contribution in [1.82, 2.24) is 0 Å². The minimum Gasteiger partial charge on any atom is -0.490 e. The van der Waals surface area contributed by atoms with Crippen molar-refractivity contribution in [3.63, 3.8) is 0 Å². The summed E-state index contributed by atoms with van der Waals surface area (Å²) in [7, 11) is 0. The topological polar surface area (TPSA) is 57.1 Å². The molecular weight excluding hydrogens is 450 g/mol. The molecule has 0 amide bonds. The molecule has 178 valence electrons. The van der Waals surface area contributed by atoms with Gasteiger partial charge in [-0.05, 0) is 59.5 Å². The second kappa shape index (κ2) is 10.7.